The molecular formula is C13H18N2O3. The third-order valence-electron chi connectivity index (χ3n) is 2.97. The number of benzene rings is 1. The van der Waals surface area contributed by atoms with Crippen molar-refractivity contribution in [1.29, 1.82) is 0 Å². The number of ether oxygens (including phenoxy) is 2. The Morgan fingerprint density at radius 1 is 1.44 bits per heavy atom. The van der Waals surface area contributed by atoms with Crippen LogP contribution in [0.15, 0.2) is 24.3 Å². The highest BCUT2D eigenvalue weighted by Crippen LogP contribution is 2.16. The molecule has 1 N–H and O–H groups in total. The molecule has 0 aliphatic carbocycles. The molecule has 98 valence electrons. The van der Waals surface area contributed by atoms with Crippen LogP contribution in [-0.4, -0.2) is 43.8 Å². The number of anilines is 1. The summed E-state index contributed by atoms with van der Waals surface area (Å²) in [6, 6.07) is 7.30. The van der Waals surface area contributed by atoms with E-state index in [1.54, 1.807) is 12.0 Å². The quantitative estimate of drug-likeness (QED) is 0.872. The Morgan fingerprint density at radius 3 is 2.78 bits per heavy atom. The molecule has 1 aromatic carbocycles. The monoisotopic (exact) mass is 250 g/mol. The van der Waals surface area contributed by atoms with Gasteiger partial charge in [0.1, 0.15) is 5.75 Å². The van der Waals surface area contributed by atoms with Crippen LogP contribution in [0.25, 0.3) is 0 Å². The molecule has 0 aromatic heterocycles. The van der Waals surface area contributed by atoms with E-state index in [4.69, 9.17) is 9.47 Å². The van der Waals surface area contributed by atoms with Crippen molar-refractivity contribution in [2.75, 3.05) is 32.2 Å². The van der Waals surface area contributed by atoms with Crippen LogP contribution in [0, 0.1) is 0 Å². The maximum absolute atomic E-state index is 12.1. The molecule has 1 saturated heterocycles. The maximum Gasteiger partial charge on any atom is 0.322 e. The number of morpholine rings is 1. The number of nitrogens with one attached hydrogen (secondary N) is 1. The molecule has 5 nitrogen and oxygen atoms in total. The number of methoxy groups -OCH3 is 1. The van der Waals surface area contributed by atoms with Crippen molar-refractivity contribution in [2.24, 2.45) is 0 Å². The molecule has 5 heteroatoms. The summed E-state index contributed by atoms with van der Waals surface area (Å²) in [6.07, 6.45) is 0. The van der Waals surface area contributed by atoms with Crippen LogP contribution in [0.5, 0.6) is 5.75 Å². The highest BCUT2D eigenvalue weighted by molar-refractivity contribution is 5.89. The lowest BCUT2D eigenvalue weighted by Gasteiger charge is -2.33. The third kappa shape index (κ3) is 2.92. The number of hydrogen-bond donors (Lipinski definition) is 1. The fraction of sp³-hybridized carbons (Fsp3) is 0.462. The molecule has 0 bridgehead atoms. The van der Waals surface area contributed by atoms with Gasteiger partial charge >= 0.3 is 6.03 Å². The van der Waals surface area contributed by atoms with Crippen molar-refractivity contribution in [1.82, 2.24) is 4.90 Å². The van der Waals surface area contributed by atoms with E-state index in [1.165, 1.54) is 0 Å². The van der Waals surface area contributed by atoms with Gasteiger partial charge in [-0.05, 0) is 31.2 Å². The fourth-order valence-electron chi connectivity index (χ4n) is 1.90. The van der Waals surface area contributed by atoms with Crippen LogP contribution in [0.2, 0.25) is 0 Å². The maximum atomic E-state index is 12.1. The zero-order chi connectivity index (χ0) is 13.0. The standard InChI is InChI=1S/C13H18N2O3/c1-10-9-18-8-7-15(10)13(16)14-11-3-5-12(17-2)6-4-11/h3-6,10H,7-9H2,1-2H3,(H,14,16)/t10-/m0/s1. The van der Waals surface area contributed by atoms with Crippen LogP contribution in [-0.2, 0) is 4.74 Å². The van der Waals surface area contributed by atoms with Crippen LogP contribution in [0.3, 0.4) is 0 Å². The number of carbonyl (C=O) groups excluding carboxylic acids is 1. The van der Waals surface area contributed by atoms with Crippen LogP contribution < -0.4 is 10.1 Å². The molecule has 0 saturated carbocycles. The van der Waals surface area contributed by atoms with Crippen molar-refractivity contribution in [3.05, 3.63) is 24.3 Å². The molecule has 1 aromatic rings. The largest absolute Gasteiger partial charge is 0.497 e. The molecule has 2 amide bonds. The first kappa shape index (κ1) is 12.7. The van der Waals surface area contributed by atoms with E-state index in [0.29, 0.717) is 19.8 Å². The Bertz CT molecular complexity index is 405. The number of rotatable bonds is 2. The molecule has 2 rings (SSSR count). The van der Waals surface area contributed by atoms with Crippen molar-refractivity contribution in [3.8, 4) is 5.75 Å². The number of urea groups is 1. The van der Waals surface area contributed by atoms with Gasteiger partial charge in [0, 0.05) is 12.2 Å². The average Bonchev–Trinajstić information content (AvgIpc) is 2.40. The van der Waals surface area contributed by atoms with Gasteiger partial charge in [0.15, 0.2) is 0 Å². The summed E-state index contributed by atoms with van der Waals surface area (Å²) < 4.78 is 10.4. The van der Waals surface area contributed by atoms with Crippen LogP contribution in [0.1, 0.15) is 6.92 Å². The third-order valence-corrected chi connectivity index (χ3v) is 2.97. The minimum atomic E-state index is -0.0871. The molecule has 0 spiro atoms. The van der Waals surface area contributed by atoms with E-state index in [-0.39, 0.29) is 12.1 Å². The molecule has 0 radical (unpaired) electrons. The van der Waals surface area contributed by atoms with Crippen LogP contribution >= 0.6 is 0 Å². The lowest BCUT2D eigenvalue weighted by molar-refractivity contribution is 0.0222. The van der Waals surface area contributed by atoms with E-state index in [0.717, 1.165) is 11.4 Å². The van der Waals surface area contributed by atoms with Crippen LogP contribution in [0.4, 0.5) is 10.5 Å². The minimum absolute atomic E-state index is 0.0871. The molecule has 1 aliphatic heterocycles. The predicted octanol–water partition coefficient (Wildman–Crippen LogP) is 1.95. The summed E-state index contributed by atoms with van der Waals surface area (Å²) in [5, 5.41) is 2.87. The van der Waals surface area contributed by atoms with Crippen molar-refractivity contribution in [2.45, 2.75) is 13.0 Å². The lowest BCUT2D eigenvalue weighted by atomic mass is 10.2. The Balaban J connectivity index is 1.97. The second-order valence-corrected chi connectivity index (χ2v) is 4.28. The Hall–Kier alpha value is -1.75. The lowest BCUT2D eigenvalue weighted by Crippen LogP contribution is -2.48. The highest BCUT2D eigenvalue weighted by atomic mass is 16.5. The topological polar surface area (TPSA) is 50.8 Å². The average molecular weight is 250 g/mol. The van der Waals surface area contributed by atoms with Gasteiger partial charge in [-0.2, -0.15) is 0 Å². The van der Waals surface area contributed by atoms with E-state index in [9.17, 15) is 4.79 Å². The SMILES string of the molecule is COc1ccc(NC(=O)N2CCOC[C@@H]2C)cc1. The molecule has 1 fully saturated rings. The molecule has 1 atom stereocenters. The van der Waals surface area contributed by atoms with Gasteiger partial charge < -0.3 is 19.7 Å². The Kier molecular flexibility index (Phi) is 4.04. The zero-order valence-corrected chi connectivity index (χ0v) is 10.7. The smallest absolute Gasteiger partial charge is 0.322 e. The first-order valence-electron chi connectivity index (χ1n) is 6.00. The molecular weight excluding hydrogens is 232 g/mol. The summed E-state index contributed by atoms with van der Waals surface area (Å²) >= 11 is 0. The number of carbonyl (C=O) groups is 1. The molecule has 1 aliphatic rings. The first-order valence-corrected chi connectivity index (χ1v) is 6.00. The van der Waals surface area contributed by atoms with Crippen molar-refractivity contribution in [3.63, 3.8) is 0 Å². The van der Waals surface area contributed by atoms with Crippen molar-refractivity contribution < 1.29 is 14.3 Å². The van der Waals surface area contributed by atoms with Gasteiger partial charge in [-0.3, -0.25) is 0 Å². The van der Waals surface area contributed by atoms with Gasteiger partial charge in [0.2, 0.25) is 0 Å². The normalized spacial score (nSPS) is 19.4. The van der Waals surface area contributed by atoms with Crippen molar-refractivity contribution >= 4 is 11.7 Å². The van der Waals surface area contributed by atoms with E-state index >= 15 is 0 Å². The molecule has 1 heterocycles. The fourth-order valence-corrected chi connectivity index (χ4v) is 1.90. The van der Waals surface area contributed by atoms with E-state index in [1.807, 2.05) is 31.2 Å². The molecule has 0 unspecified atom stereocenters. The second-order valence-electron chi connectivity index (χ2n) is 4.28. The van der Waals surface area contributed by atoms with Gasteiger partial charge in [0.05, 0.1) is 26.4 Å². The summed E-state index contributed by atoms with van der Waals surface area (Å²) in [5.74, 6) is 0.771. The zero-order valence-electron chi connectivity index (χ0n) is 10.7. The summed E-state index contributed by atoms with van der Waals surface area (Å²) in [7, 11) is 1.61. The van der Waals surface area contributed by atoms with Gasteiger partial charge in [-0.25, -0.2) is 4.79 Å². The van der Waals surface area contributed by atoms with E-state index < -0.39 is 0 Å². The number of nitrogens with zero attached hydrogens (tertiary/aromatic N) is 1. The summed E-state index contributed by atoms with van der Waals surface area (Å²) in [6.45, 7) is 3.80. The first-order chi connectivity index (χ1) is 8.70. The summed E-state index contributed by atoms with van der Waals surface area (Å²) in [4.78, 5) is 13.8. The second kappa shape index (κ2) is 5.73. The highest BCUT2D eigenvalue weighted by Gasteiger charge is 2.23. The number of amides is 2. The molecule has 18 heavy (non-hydrogen) atoms. The van der Waals surface area contributed by atoms with E-state index in [2.05, 4.69) is 5.32 Å². The van der Waals surface area contributed by atoms with Gasteiger partial charge in [-0.15, -0.1) is 0 Å². The minimum Gasteiger partial charge on any atom is -0.497 e. The Morgan fingerprint density at radius 2 is 2.17 bits per heavy atom. The predicted molar refractivity (Wildman–Crippen MR) is 69.0 cm³/mol. The van der Waals surface area contributed by atoms with Gasteiger partial charge in [-0.1, -0.05) is 0 Å². The Labute approximate surface area is 107 Å². The number of hydrogen-bond acceptors (Lipinski definition) is 3. The van der Waals surface area contributed by atoms with Gasteiger partial charge in [0.25, 0.3) is 0 Å². The summed E-state index contributed by atoms with van der Waals surface area (Å²) in [5.41, 5.74) is 0.763.